The molecule has 0 unspecified atom stereocenters. The summed E-state index contributed by atoms with van der Waals surface area (Å²) in [6.07, 6.45) is 0.670. The van der Waals surface area contributed by atoms with Gasteiger partial charge in [-0.3, -0.25) is 9.69 Å². The lowest BCUT2D eigenvalue weighted by molar-refractivity contribution is -0.117. The van der Waals surface area contributed by atoms with E-state index < -0.39 is 0 Å². The number of aryl methyl sites for hydroxylation is 2. The molecule has 4 aromatic rings. The van der Waals surface area contributed by atoms with E-state index in [-0.39, 0.29) is 5.91 Å². The van der Waals surface area contributed by atoms with Crippen molar-refractivity contribution in [1.29, 1.82) is 0 Å². The maximum Gasteiger partial charge on any atom is 0.238 e. The minimum atomic E-state index is 0.00254. The average molecular weight is 526 g/mol. The summed E-state index contributed by atoms with van der Waals surface area (Å²) in [7, 11) is 3.29. The normalized spacial score (nSPS) is 13.9. The van der Waals surface area contributed by atoms with Crippen LogP contribution in [0.25, 0.3) is 10.8 Å². The number of nitrogens with zero attached hydrogens (tertiary/aromatic N) is 4. The Labute approximate surface area is 229 Å². The van der Waals surface area contributed by atoms with Gasteiger partial charge in [-0.15, -0.1) is 5.10 Å². The van der Waals surface area contributed by atoms with Crippen molar-refractivity contribution in [2.45, 2.75) is 20.3 Å². The van der Waals surface area contributed by atoms with Crippen LogP contribution in [0.15, 0.2) is 60.7 Å². The second-order valence-corrected chi connectivity index (χ2v) is 10.0. The number of hydrogen-bond acceptors (Lipinski definition) is 7. The third kappa shape index (κ3) is 5.96. The number of fused-ring (bicyclic) bond motifs is 1. The molecular formula is C31H35N5O3. The highest BCUT2D eigenvalue weighted by Gasteiger charge is 2.24. The standard InChI is InChI=1S/C31H35N5O3/c1-21-10-11-26(22(2)16-21)32-30(37)20-35-12-14-36(15-13-35)31-25-19-29(39-4)28(38-3)18-24(25)27(33-34-31)17-23-8-6-5-7-9-23/h5-11,16,18-19H,12-15,17,20H2,1-4H3,(H,32,37). The first-order chi connectivity index (χ1) is 18.9. The van der Waals surface area contributed by atoms with E-state index in [4.69, 9.17) is 14.6 Å². The molecule has 1 aromatic heterocycles. The van der Waals surface area contributed by atoms with Crippen molar-refractivity contribution in [2.24, 2.45) is 0 Å². The van der Waals surface area contributed by atoms with Crippen LogP contribution in [0.1, 0.15) is 22.4 Å². The fourth-order valence-electron chi connectivity index (χ4n) is 5.14. The molecule has 0 bridgehead atoms. The van der Waals surface area contributed by atoms with Gasteiger partial charge < -0.3 is 19.7 Å². The molecular weight excluding hydrogens is 490 g/mol. The molecule has 1 N–H and O–H groups in total. The molecule has 1 aliphatic rings. The number of anilines is 2. The van der Waals surface area contributed by atoms with Crippen LogP contribution in [0, 0.1) is 13.8 Å². The number of carbonyl (C=O) groups is 1. The molecule has 39 heavy (non-hydrogen) atoms. The number of rotatable bonds is 8. The van der Waals surface area contributed by atoms with E-state index in [1.54, 1.807) is 14.2 Å². The molecule has 0 spiro atoms. The summed E-state index contributed by atoms with van der Waals surface area (Å²) in [5.41, 5.74) is 5.18. The molecule has 2 heterocycles. The zero-order valence-electron chi connectivity index (χ0n) is 23.0. The second kappa shape index (κ2) is 11.7. The number of nitrogens with one attached hydrogen (secondary N) is 1. The fraction of sp³-hybridized carbons (Fsp3) is 0.323. The first-order valence-electron chi connectivity index (χ1n) is 13.2. The first kappa shape index (κ1) is 26.4. The monoisotopic (exact) mass is 525 g/mol. The van der Waals surface area contributed by atoms with Crippen LogP contribution in [0.3, 0.4) is 0 Å². The number of piperazine rings is 1. The van der Waals surface area contributed by atoms with E-state index >= 15 is 0 Å². The van der Waals surface area contributed by atoms with Crippen molar-refractivity contribution >= 4 is 28.2 Å². The summed E-state index contributed by atoms with van der Waals surface area (Å²) >= 11 is 0. The summed E-state index contributed by atoms with van der Waals surface area (Å²) in [5, 5.41) is 14.4. The number of hydrogen-bond donors (Lipinski definition) is 1. The van der Waals surface area contributed by atoms with Gasteiger partial charge in [-0.1, -0.05) is 48.0 Å². The molecule has 0 aliphatic carbocycles. The molecule has 0 saturated carbocycles. The van der Waals surface area contributed by atoms with Gasteiger partial charge in [0.1, 0.15) is 0 Å². The van der Waals surface area contributed by atoms with Gasteiger partial charge in [-0.05, 0) is 43.2 Å². The molecule has 1 fully saturated rings. The zero-order valence-corrected chi connectivity index (χ0v) is 23.0. The lowest BCUT2D eigenvalue weighted by Gasteiger charge is -2.35. The summed E-state index contributed by atoms with van der Waals surface area (Å²) in [6.45, 7) is 7.41. The van der Waals surface area contributed by atoms with Crippen LogP contribution >= 0.6 is 0 Å². The quantitative estimate of drug-likeness (QED) is 0.360. The van der Waals surface area contributed by atoms with Gasteiger partial charge in [0.15, 0.2) is 17.3 Å². The molecule has 1 saturated heterocycles. The maximum atomic E-state index is 12.7. The van der Waals surface area contributed by atoms with Gasteiger partial charge in [-0.25, -0.2) is 0 Å². The highest BCUT2D eigenvalue weighted by molar-refractivity contribution is 5.96. The summed E-state index contributed by atoms with van der Waals surface area (Å²) < 4.78 is 11.2. The van der Waals surface area contributed by atoms with Crippen molar-refractivity contribution in [3.05, 3.63) is 83.0 Å². The number of aromatic nitrogens is 2. The van der Waals surface area contributed by atoms with Crippen molar-refractivity contribution in [3.63, 3.8) is 0 Å². The van der Waals surface area contributed by atoms with Gasteiger partial charge in [0.2, 0.25) is 5.91 Å². The Morgan fingerprint density at radius 2 is 1.56 bits per heavy atom. The Bertz CT molecular complexity index is 1470. The lowest BCUT2D eigenvalue weighted by Crippen LogP contribution is -2.49. The first-order valence-corrected chi connectivity index (χ1v) is 13.2. The Balaban J connectivity index is 1.33. The predicted octanol–water partition coefficient (Wildman–Crippen LogP) is 4.62. The zero-order chi connectivity index (χ0) is 27.4. The van der Waals surface area contributed by atoms with E-state index in [0.29, 0.717) is 24.5 Å². The minimum absolute atomic E-state index is 0.00254. The number of carbonyl (C=O) groups excluding carboxylic acids is 1. The molecule has 8 nitrogen and oxygen atoms in total. The summed E-state index contributed by atoms with van der Waals surface area (Å²) in [6, 6.07) is 20.3. The van der Waals surface area contributed by atoms with Crippen LogP contribution in [-0.2, 0) is 11.2 Å². The van der Waals surface area contributed by atoms with Gasteiger partial charge in [0, 0.05) is 49.1 Å². The largest absolute Gasteiger partial charge is 0.493 e. The molecule has 1 aliphatic heterocycles. The minimum Gasteiger partial charge on any atom is -0.493 e. The Morgan fingerprint density at radius 3 is 2.23 bits per heavy atom. The number of amides is 1. The third-order valence-electron chi connectivity index (χ3n) is 7.25. The molecule has 1 amide bonds. The van der Waals surface area contributed by atoms with Crippen LogP contribution in [0.4, 0.5) is 11.5 Å². The third-order valence-corrected chi connectivity index (χ3v) is 7.25. The molecule has 0 radical (unpaired) electrons. The fourth-order valence-corrected chi connectivity index (χ4v) is 5.14. The number of benzene rings is 3. The second-order valence-electron chi connectivity index (χ2n) is 10.0. The smallest absolute Gasteiger partial charge is 0.238 e. The highest BCUT2D eigenvalue weighted by Crippen LogP contribution is 2.37. The van der Waals surface area contributed by atoms with Gasteiger partial charge in [0.25, 0.3) is 0 Å². The van der Waals surface area contributed by atoms with Crippen molar-refractivity contribution in [3.8, 4) is 11.5 Å². The van der Waals surface area contributed by atoms with Crippen LogP contribution < -0.4 is 19.7 Å². The van der Waals surface area contributed by atoms with E-state index in [0.717, 1.165) is 59.7 Å². The Kier molecular flexibility index (Phi) is 7.93. The summed E-state index contributed by atoms with van der Waals surface area (Å²) in [5.74, 6) is 2.15. The van der Waals surface area contributed by atoms with Crippen LogP contribution in [0.2, 0.25) is 0 Å². The van der Waals surface area contributed by atoms with Crippen LogP contribution in [-0.4, -0.2) is 67.9 Å². The lowest BCUT2D eigenvalue weighted by atomic mass is 10.0. The predicted molar refractivity (Wildman–Crippen MR) is 155 cm³/mol. The maximum absolute atomic E-state index is 12.7. The summed E-state index contributed by atoms with van der Waals surface area (Å²) in [4.78, 5) is 17.2. The SMILES string of the molecule is COc1cc2c(Cc3ccccc3)nnc(N3CCN(CC(=O)Nc4ccc(C)cc4C)CC3)c2cc1OC. The Morgan fingerprint density at radius 1 is 0.872 bits per heavy atom. The van der Waals surface area contributed by atoms with Gasteiger partial charge >= 0.3 is 0 Å². The van der Waals surface area contributed by atoms with Gasteiger partial charge in [-0.2, -0.15) is 5.10 Å². The average Bonchev–Trinajstić information content (AvgIpc) is 2.95. The molecule has 3 aromatic carbocycles. The van der Waals surface area contributed by atoms with E-state index in [2.05, 4.69) is 45.3 Å². The van der Waals surface area contributed by atoms with Crippen molar-refractivity contribution in [2.75, 3.05) is 57.2 Å². The molecule has 8 heteroatoms. The molecule has 202 valence electrons. The van der Waals surface area contributed by atoms with Crippen LogP contribution in [0.5, 0.6) is 11.5 Å². The Hall–Kier alpha value is -4.17. The number of methoxy groups -OCH3 is 2. The topological polar surface area (TPSA) is 79.8 Å². The van der Waals surface area contributed by atoms with E-state index in [9.17, 15) is 4.79 Å². The highest BCUT2D eigenvalue weighted by atomic mass is 16.5. The van der Waals surface area contributed by atoms with Gasteiger partial charge in [0.05, 0.1) is 26.5 Å². The number of ether oxygens (including phenoxy) is 2. The van der Waals surface area contributed by atoms with Crippen molar-refractivity contribution < 1.29 is 14.3 Å². The van der Waals surface area contributed by atoms with Crippen molar-refractivity contribution in [1.82, 2.24) is 15.1 Å². The molecule has 0 atom stereocenters. The van der Waals surface area contributed by atoms with E-state index in [1.165, 1.54) is 11.1 Å². The van der Waals surface area contributed by atoms with E-state index in [1.807, 2.05) is 49.4 Å². The molecule has 5 rings (SSSR count).